The predicted octanol–water partition coefficient (Wildman–Crippen LogP) is 2.56. The van der Waals surface area contributed by atoms with Crippen molar-refractivity contribution >= 4 is 11.5 Å². The molecule has 0 bridgehead atoms. The van der Waals surface area contributed by atoms with Crippen molar-refractivity contribution in [2.24, 2.45) is 0 Å². The Balaban J connectivity index is 2.55. The quantitative estimate of drug-likeness (QED) is 0.690. The fourth-order valence-electron chi connectivity index (χ4n) is 1.53. The van der Waals surface area contributed by atoms with Crippen LogP contribution in [-0.2, 0) is 9.53 Å². The minimum atomic E-state index is -4.53. The van der Waals surface area contributed by atoms with Crippen LogP contribution < -0.4 is 0 Å². The molecule has 5 heteroatoms. The van der Waals surface area contributed by atoms with Gasteiger partial charge in [0.1, 0.15) is 6.61 Å². The number of halogens is 3. The van der Waals surface area contributed by atoms with Crippen molar-refractivity contribution in [1.29, 1.82) is 0 Å². The number of carbonyl (C=O) groups is 1. The van der Waals surface area contributed by atoms with E-state index in [4.69, 9.17) is 0 Å². The maximum Gasteiger partial charge on any atom is 0.416 e. The fourth-order valence-corrected chi connectivity index (χ4v) is 1.53. The third kappa shape index (κ3) is 1.80. The summed E-state index contributed by atoms with van der Waals surface area (Å²) >= 11 is 0. The monoisotopic (exact) mass is 228 g/mol. The first-order chi connectivity index (χ1) is 7.50. The molecule has 0 spiro atoms. The zero-order chi connectivity index (χ0) is 11.8. The summed E-state index contributed by atoms with van der Waals surface area (Å²) in [7, 11) is 0. The second kappa shape index (κ2) is 3.66. The molecule has 2 nitrogen and oxygen atoms in total. The number of cyclic esters (lactones) is 1. The van der Waals surface area contributed by atoms with Crippen molar-refractivity contribution in [3.8, 4) is 0 Å². The van der Waals surface area contributed by atoms with Crippen molar-refractivity contribution in [3.05, 3.63) is 41.5 Å². The molecule has 0 saturated heterocycles. The molecule has 1 aliphatic heterocycles. The SMILES string of the molecule is O=C1OCC(C(F)(F)F)=C1c1ccccc1. The van der Waals surface area contributed by atoms with Crippen LogP contribution in [0.2, 0.25) is 0 Å². The molecule has 16 heavy (non-hydrogen) atoms. The number of benzene rings is 1. The summed E-state index contributed by atoms with van der Waals surface area (Å²) in [5.74, 6) is -0.918. The summed E-state index contributed by atoms with van der Waals surface area (Å²) in [6.07, 6.45) is -4.53. The van der Waals surface area contributed by atoms with Crippen LogP contribution in [0.5, 0.6) is 0 Å². The van der Waals surface area contributed by atoms with Crippen LogP contribution in [0.25, 0.3) is 5.57 Å². The van der Waals surface area contributed by atoms with Crippen LogP contribution in [0.1, 0.15) is 5.56 Å². The second-order valence-electron chi connectivity index (χ2n) is 3.29. The zero-order valence-electron chi connectivity index (χ0n) is 8.04. The van der Waals surface area contributed by atoms with E-state index in [-0.39, 0.29) is 11.1 Å². The summed E-state index contributed by atoms with van der Waals surface area (Å²) in [5, 5.41) is 0. The van der Waals surface area contributed by atoms with Gasteiger partial charge in [0, 0.05) is 0 Å². The Bertz CT molecular complexity index is 446. The third-order valence-electron chi connectivity index (χ3n) is 2.26. The van der Waals surface area contributed by atoms with Gasteiger partial charge in [-0.15, -0.1) is 0 Å². The molecule has 0 amide bonds. The Hall–Kier alpha value is -1.78. The first-order valence-corrected chi connectivity index (χ1v) is 4.53. The van der Waals surface area contributed by atoms with Gasteiger partial charge in [-0.3, -0.25) is 0 Å². The van der Waals surface area contributed by atoms with Crippen molar-refractivity contribution in [1.82, 2.24) is 0 Å². The average Bonchev–Trinajstić information content (AvgIpc) is 2.61. The Morgan fingerprint density at radius 2 is 1.75 bits per heavy atom. The molecule has 1 heterocycles. The lowest BCUT2D eigenvalue weighted by Crippen LogP contribution is -2.14. The lowest BCUT2D eigenvalue weighted by atomic mass is 10.0. The maximum atomic E-state index is 12.6. The van der Waals surface area contributed by atoms with E-state index in [1.165, 1.54) is 12.1 Å². The maximum absolute atomic E-state index is 12.6. The molecule has 0 aromatic heterocycles. The van der Waals surface area contributed by atoms with Crippen molar-refractivity contribution in [3.63, 3.8) is 0 Å². The predicted molar refractivity (Wildman–Crippen MR) is 50.4 cm³/mol. The standard InChI is InChI=1S/C11H7F3O2/c12-11(13,14)8-6-16-10(15)9(8)7-4-2-1-3-5-7/h1-5H,6H2. The van der Waals surface area contributed by atoms with Gasteiger partial charge in [-0.25, -0.2) is 4.79 Å². The molecule has 0 fully saturated rings. The number of hydrogen-bond acceptors (Lipinski definition) is 2. The van der Waals surface area contributed by atoms with E-state index in [0.29, 0.717) is 0 Å². The van der Waals surface area contributed by atoms with E-state index in [2.05, 4.69) is 4.74 Å². The summed E-state index contributed by atoms with van der Waals surface area (Å²) in [5.41, 5.74) is -1.06. The molecule has 0 saturated carbocycles. The molecule has 0 atom stereocenters. The van der Waals surface area contributed by atoms with E-state index in [0.717, 1.165) is 0 Å². The number of esters is 1. The van der Waals surface area contributed by atoms with Crippen molar-refractivity contribution < 1.29 is 22.7 Å². The van der Waals surface area contributed by atoms with E-state index < -0.39 is 24.3 Å². The minimum Gasteiger partial charge on any atom is -0.457 e. The molecule has 0 aliphatic carbocycles. The highest BCUT2D eigenvalue weighted by molar-refractivity contribution is 6.19. The number of ether oxygens (including phenoxy) is 1. The number of carbonyl (C=O) groups excluding carboxylic acids is 1. The molecule has 1 aliphatic rings. The topological polar surface area (TPSA) is 26.3 Å². The zero-order valence-corrected chi connectivity index (χ0v) is 8.04. The van der Waals surface area contributed by atoms with Crippen LogP contribution in [0, 0.1) is 0 Å². The Morgan fingerprint density at radius 3 is 2.31 bits per heavy atom. The van der Waals surface area contributed by atoms with Crippen molar-refractivity contribution in [2.45, 2.75) is 6.18 Å². The van der Waals surface area contributed by atoms with Crippen LogP contribution in [-0.4, -0.2) is 18.8 Å². The number of hydrogen-bond donors (Lipinski definition) is 0. The van der Waals surface area contributed by atoms with E-state index in [9.17, 15) is 18.0 Å². The highest BCUT2D eigenvalue weighted by Crippen LogP contribution is 2.36. The Morgan fingerprint density at radius 1 is 1.12 bits per heavy atom. The van der Waals surface area contributed by atoms with Gasteiger partial charge < -0.3 is 4.74 Å². The van der Waals surface area contributed by atoms with Crippen LogP contribution >= 0.6 is 0 Å². The minimum absolute atomic E-state index is 0.234. The highest BCUT2D eigenvalue weighted by atomic mass is 19.4. The molecular weight excluding hydrogens is 221 g/mol. The molecular formula is C11H7F3O2. The van der Waals surface area contributed by atoms with Crippen molar-refractivity contribution in [2.75, 3.05) is 6.61 Å². The van der Waals surface area contributed by atoms with Gasteiger partial charge >= 0.3 is 12.1 Å². The molecule has 0 N–H and O–H groups in total. The number of rotatable bonds is 1. The van der Waals surface area contributed by atoms with E-state index >= 15 is 0 Å². The van der Waals surface area contributed by atoms with Gasteiger partial charge in [-0.2, -0.15) is 13.2 Å². The van der Waals surface area contributed by atoms with Gasteiger partial charge in [0.05, 0.1) is 11.1 Å². The molecule has 2 rings (SSSR count). The summed E-state index contributed by atoms with van der Waals surface area (Å²) in [4.78, 5) is 11.3. The van der Waals surface area contributed by atoms with Crippen LogP contribution in [0.4, 0.5) is 13.2 Å². The molecule has 84 valence electrons. The molecule has 0 unspecified atom stereocenters. The van der Waals surface area contributed by atoms with E-state index in [1.807, 2.05) is 0 Å². The van der Waals surface area contributed by atoms with E-state index in [1.54, 1.807) is 18.2 Å². The van der Waals surface area contributed by atoms with Crippen LogP contribution in [0.3, 0.4) is 0 Å². The smallest absolute Gasteiger partial charge is 0.416 e. The summed E-state index contributed by atoms with van der Waals surface area (Å²) in [6, 6.07) is 7.71. The lowest BCUT2D eigenvalue weighted by Gasteiger charge is -2.07. The highest BCUT2D eigenvalue weighted by Gasteiger charge is 2.43. The normalized spacial score (nSPS) is 16.6. The van der Waals surface area contributed by atoms with Gasteiger partial charge in [-0.1, -0.05) is 30.3 Å². The molecule has 0 radical (unpaired) electrons. The first kappa shape index (κ1) is 10.7. The van der Waals surface area contributed by atoms with Gasteiger partial charge in [0.2, 0.25) is 0 Å². The number of alkyl halides is 3. The summed E-state index contributed by atoms with van der Waals surface area (Å²) in [6.45, 7) is -0.702. The Labute approximate surface area is 89.3 Å². The van der Waals surface area contributed by atoms with Crippen LogP contribution in [0.15, 0.2) is 35.9 Å². The largest absolute Gasteiger partial charge is 0.457 e. The second-order valence-corrected chi connectivity index (χ2v) is 3.29. The Kier molecular flexibility index (Phi) is 2.46. The average molecular weight is 228 g/mol. The fraction of sp³-hybridized carbons (Fsp3) is 0.182. The van der Waals surface area contributed by atoms with Gasteiger partial charge in [-0.05, 0) is 5.56 Å². The lowest BCUT2D eigenvalue weighted by molar-refractivity contribution is -0.135. The first-order valence-electron chi connectivity index (χ1n) is 4.53. The van der Waals surface area contributed by atoms with Gasteiger partial charge in [0.25, 0.3) is 0 Å². The molecule has 1 aromatic rings. The third-order valence-corrected chi connectivity index (χ3v) is 2.26. The molecule has 1 aromatic carbocycles. The van der Waals surface area contributed by atoms with Gasteiger partial charge in [0.15, 0.2) is 0 Å². The summed E-state index contributed by atoms with van der Waals surface area (Å²) < 4.78 is 42.2.